The lowest BCUT2D eigenvalue weighted by atomic mass is 10.1. The van der Waals surface area contributed by atoms with Gasteiger partial charge in [0.25, 0.3) is 0 Å². The Balaban J connectivity index is 1.32. The second kappa shape index (κ2) is 15.0. The van der Waals surface area contributed by atoms with Crippen LogP contribution >= 0.6 is 11.6 Å². The number of carbonyl (C=O) groups is 2. The fourth-order valence-electron chi connectivity index (χ4n) is 4.65. The topological polar surface area (TPSA) is 120 Å². The van der Waals surface area contributed by atoms with Crippen LogP contribution in [0, 0.1) is 0 Å². The van der Waals surface area contributed by atoms with Gasteiger partial charge in [-0.15, -0.1) is 13.2 Å². The molecular formula is C33H35ClF3N3O7. The molecule has 0 spiro atoms. The van der Waals surface area contributed by atoms with Gasteiger partial charge in [-0.3, -0.25) is 4.98 Å². The van der Waals surface area contributed by atoms with Crippen molar-refractivity contribution in [2.75, 3.05) is 19.8 Å². The Morgan fingerprint density at radius 2 is 1.79 bits per heavy atom. The van der Waals surface area contributed by atoms with Crippen LogP contribution in [0.2, 0.25) is 5.02 Å². The van der Waals surface area contributed by atoms with Crippen molar-refractivity contribution in [3.63, 3.8) is 0 Å². The first-order valence-corrected chi connectivity index (χ1v) is 15.1. The van der Waals surface area contributed by atoms with Gasteiger partial charge in [-0.05, 0) is 76.4 Å². The lowest BCUT2D eigenvalue weighted by Crippen LogP contribution is -2.37. The highest BCUT2D eigenvalue weighted by molar-refractivity contribution is 6.32. The lowest BCUT2D eigenvalue weighted by Gasteiger charge is -2.27. The number of hydrogen-bond donors (Lipinski definition) is 1. The molecule has 0 saturated heterocycles. The summed E-state index contributed by atoms with van der Waals surface area (Å²) in [7, 11) is 0. The van der Waals surface area contributed by atoms with Gasteiger partial charge in [-0.2, -0.15) is 0 Å². The maximum atomic E-state index is 12.9. The highest BCUT2D eigenvalue weighted by atomic mass is 35.5. The van der Waals surface area contributed by atoms with Crippen molar-refractivity contribution >= 4 is 45.3 Å². The standard InChI is InChI=1S/C33H35ClF3N3O7/c1-20(45-29-24-11-12-38-17-25(24)23-9-8-22(30(41)42)16-27(23)39-29)19-44-14-6-5-13-40(31(43)47-32(2,3)4)18-21-7-10-28(26(34)15-21)46-33(35,36)37/h7-12,15-17,20H,5-6,13-14,18-19H2,1-4H3,(H,41,42)/t20-/m1/s1. The number of fused-ring (bicyclic) bond motifs is 3. The normalized spacial score (nSPS) is 12.6. The third-order valence-corrected chi connectivity index (χ3v) is 6.98. The number of amides is 1. The van der Waals surface area contributed by atoms with Crippen molar-refractivity contribution in [2.45, 2.75) is 65.1 Å². The van der Waals surface area contributed by atoms with Crippen LogP contribution in [0.25, 0.3) is 21.7 Å². The molecule has 0 unspecified atom stereocenters. The quantitative estimate of drug-likeness (QED) is 0.111. The van der Waals surface area contributed by atoms with Gasteiger partial charge in [0.2, 0.25) is 5.88 Å². The predicted molar refractivity (Wildman–Crippen MR) is 169 cm³/mol. The average molecular weight is 678 g/mol. The van der Waals surface area contributed by atoms with E-state index in [1.54, 1.807) is 45.3 Å². The van der Waals surface area contributed by atoms with Gasteiger partial charge in [-0.25, -0.2) is 14.6 Å². The lowest BCUT2D eigenvalue weighted by molar-refractivity contribution is -0.274. The van der Waals surface area contributed by atoms with Gasteiger partial charge < -0.3 is 29.0 Å². The highest BCUT2D eigenvalue weighted by Gasteiger charge is 2.32. The molecule has 2 aromatic heterocycles. The van der Waals surface area contributed by atoms with Gasteiger partial charge in [0.05, 0.1) is 22.7 Å². The minimum Gasteiger partial charge on any atom is -0.478 e. The Kier molecular flexibility index (Phi) is 11.4. The van der Waals surface area contributed by atoms with Crippen LogP contribution in [0.1, 0.15) is 56.5 Å². The maximum absolute atomic E-state index is 12.9. The monoisotopic (exact) mass is 677 g/mol. The Hall–Kier alpha value is -4.36. The molecule has 0 bridgehead atoms. The molecule has 2 heterocycles. The highest BCUT2D eigenvalue weighted by Crippen LogP contribution is 2.32. The molecule has 4 aromatic rings. The third-order valence-electron chi connectivity index (χ3n) is 6.69. The fourth-order valence-corrected chi connectivity index (χ4v) is 4.89. The molecule has 47 heavy (non-hydrogen) atoms. The Labute approximate surface area is 274 Å². The molecule has 14 heteroatoms. The number of nitrogens with zero attached hydrogens (tertiary/aromatic N) is 3. The number of carboxylic acid groups (broad SMARTS) is 1. The minimum absolute atomic E-state index is 0.0584. The maximum Gasteiger partial charge on any atom is 0.573 e. The number of aromatic carboxylic acids is 1. The van der Waals surface area contributed by atoms with E-state index in [9.17, 15) is 27.9 Å². The van der Waals surface area contributed by atoms with Crippen LogP contribution in [0.15, 0.2) is 54.9 Å². The molecular weight excluding hydrogens is 643 g/mol. The molecule has 0 aliphatic heterocycles. The largest absolute Gasteiger partial charge is 0.573 e. The number of ether oxygens (including phenoxy) is 4. The van der Waals surface area contributed by atoms with Crippen LogP contribution in [0.3, 0.4) is 0 Å². The van der Waals surface area contributed by atoms with E-state index in [0.29, 0.717) is 43.0 Å². The van der Waals surface area contributed by atoms with E-state index >= 15 is 0 Å². The number of carbonyl (C=O) groups excluding carboxylic acids is 1. The SMILES string of the molecule is C[C@H](COCCCCN(Cc1ccc(OC(F)(F)F)c(Cl)c1)C(=O)OC(C)(C)C)Oc1nc2cc(C(=O)O)ccc2c2cnccc12. The summed E-state index contributed by atoms with van der Waals surface area (Å²) in [6.45, 7) is 7.99. The van der Waals surface area contributed by atoms with Crippen molar-refractivity contribution in [3.05, 3.63) is 71.0 Å². The molecule has 1 amide bonds. The first-order valence-electron chi connectivity index (χ1n) is 14.8. The number of carboxylic acids is 1. The van der Waals surface area contributed by atoms with Gasteiger partial charge in [0.1, 0.15) is 17.5 Å². The molecule has 1 atom stereocenters. The fraction of sp³-hybridized carbons (Fsp3) is 0.394. The smallest absolute Gasteiger partial charge is 0.478 e. The van der Waals surface area contributed by atoms with Gasteiger partial charge >= 0.3 is 18.4 Å². The predicted octanol–water partition coefficient (Wildman–Crippen LogP) is 8.03. The Bertz CT molecular complexity index is 1730. The van der Waals surface area contributed by atoms with E-state index in [4.69, 9.17) is 25.8 Å². The van der Waals surface area contributed by atoms with Crippen LogP contribution in [-0.2, 0) is 16.0 Å². The molecule has 252 valence electrons. The number of pyridine rings is 2. The van der Waals surface area contributed by atoms with Gasteiger partial charge in [-0.1, -0.05) is 23.7 Å². The summed E-state index contributed by atoms with van der Waals surface area (Å²) in [6.07, 6.45) is -1.41. The molecule has 0 fully saturated rings. The first kappa shape index (κ1) is 35.5. The summed E-state index contributed by atoms with van der Waals surface area (Å²) in [5, 5.41) is 11.4. The summed E-state index contributed by atoms with van der Waals surface area (Å²) in [5.74, 6) is -1.26. The molecule has 4 rings (SSSR count). The van der Waals surface area contributed by atoms with Crippen LogP contribution < -0.4 is 9.47 Å². The molecule has 0 aliphatic rings. The number of halogens is 4. The molecule has 0 saturated carbocycles. The van der Waals surface area contributed by atoms with Crippen molar-refractivity contribution in [1.82, 2.24) is 14.9 Å². The summed E-state index contributed by atoms with van der Waals surface area (Å²) in [5.41, 5.74) is 0.327. The Morgan fingerprint density at radius 3 is 2.47 bits per heavy atom. The first-order chi connectivity index (χ1) is 22.1. The van der Waals surface area contributed by atoms with Crippen LogP contribution in [-0.4, -0.2) is 69.9 Å². The zero-order valence-corrected chi connectivity index (χ0v) is 27.0. The second-order valence-electron chi connectivity index (χ2n) is 11.8. The number of rotatable bonds is 13. The number of aromatic nitrogens is 2. The van der Waals surface area contributed by atoms with Crippen molar-refractivity contribution in [2.24, 2.45) is 0 Å². The summed E-state index contributed by atoms with van der Waals surface area (Å²) >= 11 is 6.00. The van der Waals surface area contributed by atoms with Gasteiger partial charge in [0.15, 0.2) is 0 Å². The van der Waals surface area contributed by atoms with E-state index in [2.05, 4.69) is 14.7 Å². The zero-order chi connectivity index (χ0) is 34.4. The van der Waals surface area contributed by atoms with E-state index < -0.39 is 35.9 Å². The van der Waals surface area contributed by atoms with E-state index in [0.717, 1.165) is 22.2 Å². The Morgan fingerprint density at radius 1 is 1.02 bits per heavy atom. The van der Waals surface area contributed by atoms with Crippen molar-refractivity contribution in [1.29, 1.82) is 0 Å². The summed E-state index contributed by atoms with van der Waals surface area (Å²) in [6, 6.07) is 10.3. The van der Waals surface area contributed by atoms with Gasteiger partial charge in [0, 0.05) is 48.2 Å². The number of hydrogen-bond acceptors (Lipinski definition) is 8. The molecule has 1 N–H and O–H groups in total. The summed E-state index contributed by atoms with van der Waals surface area (Å²) < 4.78 is 59.2. The van der Waals surface area contributed by atoms with E-state index in [1.165, 1.54) is 29.2 Å². The number of benzene rings is 2. The second-order valence-corrected chi connectivity index (χ2v) is 12.2. The number of alkyl halides is 3. The van der Waals surface area contributed by atoms with E-state index in [1.807, 2.05) is 6.92 Å². The molecule has 0 aliphatic carbocycles. The number of unbranched alkanes of at least 4 members (excludes halogenated alkanes) is 1. The molecule has 0 radical (unpaired) electrons. The average Bonchev–Trinajstić information content (AvgIpc) is 2.98. The molecule has 2 aromatic carbocycles. The zero-order valence-electron chi connectivity index (χ0n) is 26.3. The van der Waals surface area contributed by atoms with E-state index in [-0.39, 0.29) is 23.7 Å². The van der Waals surface area contributed by atoms with Crippen molar-refractivity contribution in [3.8, 4) is 11.6 Å². The molecule has 10 nitrogen and oxygen atoms in total. The van der Waals surface area contributed by atoms with Crippen LogP contribution in [0.4, 0.5) is 18.0 Å². The summed E-state index contributed by atoms with van der Waals surface area (Å²) in [4.78, 5) is 34.6. The third kappa shape index (κ3) is 10.3. The van der Waals surface area contributed by atoms with Crippen LogP contribution in [0.5, 0.6) is 11.6 Å². The van der Waals surface area contributed by atoms with Crippen molar-refractivity contribution < 1.29 is 46.8 Å². The minimum atomic E-state index is -4.88.